The molecule has 0 amide bonds. The van der Waals surface area contributed by atoms with Gasteiger partial charge in [0.05, 0.1) is 36.5 Å². The van der Waals surface area contributed by atoms with Gasteiger partial charge in [-0.15, -0.1) is 0 Å². The molecule has 23 heteroatoms. The van der Waals surface area contributed by atoms with Crippen LogP contribution in [0.3, 0.4) is 0 Å². The summed E-state index contributed by atoms with van der Waals surface area (Å²) in [6.07, 6.45) is 0.0990. The van der Waals surface area contributed by atoms with Gasteiger partial charge in [-0.3, -0.25) is 27.9 Å². The van der Waals surface area contributed by atoms with E-state index in [1.807, 2.05) is 47.0 Å². The minimum Gasteiger partial charge on any atom is -0.414 e. The quantitative estimate of drug-likeness (QED) is 0.0730. The Hall–Kier alpha value is -3.91. The summed E-state index contributed by atoms with van der Waals surface area (Å²) in [5.74, 6) is 0. The summed E-state index contributed by atoms with van der Waals surface area (Å²) in [6, 6.07) is -0.729. The molecule has 3 aliphatic heterocycles. The number of aromatic nitrogens is 4. The van der Waals surface area contributed by atoms with Gasteiger partial charge >= 0.3 is 11.4 Å². The summed E-state index contributed by atoms with van der Waals surface area (Å²) in [5, 5.41) is 13.6. The maximum absolute atomic E-state index is 14.5. The number of allylic oxidation sites excluding steroid dienone is 2. The van der Waals surface area contributed by atoms with Crippen molar-refractivity contribution in [2.75, 3.05) is 13.2 Å². The van der Waals surface area contributed by atoms with E-state index in [4.69, 9.17) is 33.8 Å². The van der Waals surface area contributed by atoms with Crippen LogP contribution in [-0.4, -0.2) is 91.6 Å². The molecule has 5 rings (SSSR count). The van der Waals surface area contributed by atoms with Crippen molar-refractivity contribution in [2.24, 2.45) is 10.8 Å². The third kappa shape index (κ3) is 9.13. The standard InChI is InChI=1S/C38H60N8O12SSi2/c1-23-18-45(29-17-25(41-42-40)26(20-47)55-29)34(50)43(31(23)48)15-13-14-16-44-32(49)24(2)19-46(35(44)51)33-30(57-61(11,12)37(6,7)8)38(27(39)22-59(52,53)58-38)28(56-33)21-54-60(9,10)36(3,4)5/h13-14,18-19,22,25-26,28-30,33,47H,15-17,20-21,39H2,1-12H3/b14-13+/t25?,26-,28+,29-,30-,33+,38+/m0/s1. The molecule has 2 saturated heterocycles. The minimum absolute atomic E-state index is 0.0913. The van der Waals surface area contributed by atoms with Gasteiger partial charge in [0.1, 0.15) is 18.4 Å². The number of nitrogens with zero attached hydrogens (tertiary/aromatic N) is 7. The number of hydrogen-bond donors (Lipinski definition) is 2. The molecule has 5 heterocycles. The number of ether oxygens (including phenoxy) is 2. The first kappa shape index (κ1) is 48.1. The van der Waals surface area contributed by atoms with Crippen molar-refractivity contribution in [3.8, 4) is 0 Å². The Bertz CT molecular complexity index is 2490. The van der Waals surface area contributed by atoms with Crippen LogP contribution in [0.4, 0.5) is 0 Å². The first-order valence-electron chi connectivity index (χ1n) is 20.0. The zero-order valence-corrected chi connectivity index (χ0v) is 39.8. The molecule has 3 aliphatic rings. The highest BCUT2D eigenvalue weighted by Gasteiger charge is 2.67. The predicted octanol–water partition coefficient (Wildman–Crippen LogP) is 3.37. The molecule has 338 valence electrons. The van der Waals surface area contributed by atoms with Crippen molar-refractivity contribution in [3.05, 3.63) is 98.9 Å². The first-order valence-corrected chi connectivity index (χ1v) is 27.3. The second-order valence-electron chi connectivity index (χ2n) is 19.0. The fourth-order valence-electron chi connectivity index (χ4n) is 7.04. The van der Waals surface area contributed by atoms with E-state index in [0.717, 1.165) is 14.5 Å². The van der Waals surface area contributed by atoms with Gasteiger partial charge < -0.3 is 29.2 Å². The normalized spacial score (nSPS) is 26.9. The first-order chi connectivity index (χ1) is 28.0. The Morgan fingerprint density at radius 1 is 0.934 bits per heavy atom. The zero-order valence-electron chi connectivity index (χ0n) is 36.9. The van der Waals surface area contributed by atoms with Crippen LogP contribution in [0.25, 0.3) is 10.4 Å². The largest absolute Gasteiger partial charge is 0.414 e. The van der Waals surface area contributed by atoms with Crippen LogP contribution in [0.1, 0.15) is 71.5 Å². The Morgan fingerprint density at radius 2 is 1.46 bits per heavy atom. The lowest BCUT2D eigenvalue weighted by Gasteiger charge is -2.43. The predicted molar refractivity (Wildman–Crippen MR) is 231 cm³/mol. The van der Waals surface area contributed by atoms with E-state index in [2.05, 4.69) is 30.8 Å². The van der Waals surface area contributed by atoms with Crippen molar-refractivity contribution in [3.63, 3.8) is 0 Å². The van der Waals surface area contributed by atoms with Gasteiger partial charge in [-0.1, -0.05) is 58.8 Å². The lowest BCUT2D eigenvalue weighted by molar-refractivity contribution is -0.0567. The molecule has 7 atom stereocenters. The van der Waals surface area contributed by atoms with Gasteiger partial charge in [0.2, 0.25) is 0 Å². The summed E-state index contributed by atoms with van der Waals surface area (Å²) in [4.78, 5) is 57.7. The molecule has 0 aliphatic carbocycles. The van der Waals surface area contributed by atoms with Gasteiger partial charge in [-0.25, -0.2) is 13.8 Å². The summed E-state index contributed by atoms with van der Waals surface area (Å²) in [7, 11) is -9.66. The summed E-state index contributed by atoms with van der Waals surface area (Å²) >= 11 is 0. The number of nitrogens with two attached hydrogens (primary N) is 1. The smallest absolute Gasteiger partial charge is 0.333 e. The van der Waals surface area contributed by atoms with Crippen LogP contribution >= 0.6 is 0 Å². The molecule has 1 unspecified atom stereocenters. The Kier molecular flexibility index (Phi) is 13.4. The Morgan fingerprint density at radius 3 is 1.93 bits per heavy atom. The number of hydrogen-bond acceptors (Lipinski definition) is 14. The molecule has 1 spiro atoms. The molecule has 0 radical (unpaired) electrons. The average Bonchev–Trinajstić information content (AvgIpc) is 3.76. The molecule has 3 N–H and O–H groups in total. The van der Waals surface area contributed by atoms with Gasteiger partial charge in [0.25, 0.3) is 21.2 Å². The van der Waals surface area contributed by atoms with Crippen LogP contribution in [0.15, 0.2) is 59.9 Å². The minimum atomic E-state index is -4.34. The molecular weight excluding hydrogens is 849 g/mol. The third-order valence-corrected chi connectivity index (χ3v) is 22.7. The summed E-state index contributed by atoms with van der Waals surface area (Å²) < 4.78 is 62.7. The zero-order chi connectivity index (χ0) is 45.8. The average molecular weight is 909 g/mol. The molecule has 61 heavy (non-hydrogen) atoms. The lowest BCUT2D eigenvalue weighted by atomic mass is 9.89. The van der Waals surface area contributed by atoms with Crippen molar-refractivity contribution in [1.82, 2.24) is 18.3 Å². The van der Waals surface area contributed by atoms with Gasteiger partial charge in [-0.05, 0) is 55.6 Å². The highest BCUT2D eigenvalue weighted by molar-refractivity contribution is 7.90. The van der Waals surface area contributed by atoms with Gasteiger partial charge in [-0.2, -0.15) is 8.42 Å². The molecule has 2 fully saturated rings. The Labute approximate surface area is 356 Å². The number of rotatable bonds is 13. The van der Waals surface area contributed by atoms with Crippen molar-refractivity contribution < 1.29 is 36.0 Å². The third-order valence-electron chi connectivity index (χ3n) is 12.7. The second-order valence-corrected chi connectivity index (χ2v) is 29.9. The van der Waals surface area contributed by atoms with E-state index in [-0.39, 0.29) is 48.0 Å². The fourth-order valence-corrected chi connectivity index (χ4v) is 10.5. The van der Waals surface area contributed by atoms with E-state index in [0.29, 0.717) is 0 Å². The summed E-state index contributed by atoms with van der Waals surface area (Å²) in [6.45, 7) is 22.1. The number of aryl methyl sites for hydroxylation is 2. The number of azide groups is 1. The maximum Gasteiger partial charge on any atom is 0.333 e. The molecule has 2 aromatic heterocycles. The van der Waals surface area contributed by atoms with E-state index in [9.17, 15) is 32.7 Å². The summed E-state index contributed by atoms with van der Waals surface area (Å²) in [5.41, 5.74) is 11.1. The molecule has 20 nitrogen and oxygen atoms in total. The highest BCUT2D eigenvalue weighted by atomic mass is 32.2. The van der Waals surface area contributed by atoms with Crippen LogP contribution in [0.5, 0.6) is 0 Å². The number of aliphatic hydroxyl groups excluding tert-OH is 1. The van der Waals surface area contributed by atoms with Crippen molar-refractivity contribution >= 4 is 26.8 Å². The van der Waals surface area contributed by atoms with E-state index in [1.54, 1.807) is 0 Å². The highest BCUT2D eigenvalue weighted by Crippen LogP contribution is 2.52. The van der Waals surface area contributed by atoms with Gasteiger partial charge in [0, 0.05) is 47.9 Å². The molecular formula is C38H60N8O12SSi2. The number of aliphatic hydroxyl groups is 1. The van der Waals surface area contributed by atoms with Crippen LogP contribution in [0, 0.1) is 13.8 Å². The maximum atomic E-state index is 14.5. The topological polar surface area (TPSA) is 263 Å². The molecule has 0 saturated carbocycles. The van der Waals surface area contributed by atoms with Crippen LogP contribution in [-0.2, 0) is 45.7 Å². The monoisotopic (exact) mass is 908 g/mol. The van der Waals surface area contributed by atoms with Crippen LogP contribution < -0.4 is 28.2 Å². The molecule has 2 aromatic rings. The Balaban J connectivity index is 1.55. The second kappa shape index (κ2) is 17.0. The van der Waals surface area contributed by atoms with E-state index >= 15 is 0 Å². The van der Waals surface area contributed by atoms with Crippen LogP contribution in [0.2, 0.25) is 36.3 Å². The fraction of sp³-hybridized carbons (Fsp3) is 0.684. The van der Waals surface area contributed by atoms with Crippen molar-refractivity contribution in [1.29, 1.82) is 0 Å². The molecule has 0 bridgehead atoms. The van der Waals surface area contributed by atoms with Gasteiger partial charge in [0.15, 0.2) is 28.5 Å². The van der Waals surface area contributed by atoms with E-state index < -0.39 is 103 Å². The lowest BCUT2D eigenvalue weighted by Crippen LogP contribution is -2.59. The SMILES string of the molecule is Cc1cn([C@@H]2CC(N=[N+]=[N-])[C@H](CO)O2)c(=O)n(C/C=C/Cn2c(=O)c(C)cn([C@@H]3O[C@H](CO[Si](C)(C)C(C)(C)C)[C@@]4(OS(=O)(=O)C=C4N)[C@H]3O[Si](C)(C)C(C)(C)C)c2=O)c1=O. The molecule has 0 aromatic carbocycles. The van der Waals surface area contributed by atoms with Crippen molar-refractivity contribution in [2.45, 2.75) is 154 Å². The van der Waals surface area contributed by atoms with E-state index in [1.165, 1.54) is 47.5 Å².